The standard InChI is InChI=1S/C20H21ClN4O3S.C15H15ClN4O3S/c1-13-5-3-6-15(11-13)28-10-4-9-22-29(26,27)16-7-8-17-18(12-16)25-20(23-17)19(21)14(2)24-25;1-8-4-6-10(7-5-8)12-9(2)24(22,23)20-14(18-12)11(16)13(19-20)15(21)17-3/h3,5-8,11-12,22,24H,4,9-10H2,1-2H3;4-7,18H,1-3H3,(H,17,21). The number of benzene rings is 3. The number of aromatic amines is 1. The summed E-state index contributed by atoms with van der Waals surface area (Å²) in [6.45, 7) is 7.96. The van der Waals surface area contributed by atoms with Crippen LogP contribution in [0.15, 0.2) is 76.5 Å². The molecule has 0 fully saturated rings. The molecule has 0 spiro atoms. The maximum absolute atomic E-state index is 12.7. The molecule has 278 valence electrons. The van der Waals surface area contributed by atoms with Crippen LogP contribution in [0.4, 0.5) is 5.82 Å². The summed E-state index contributed by atoms with van der Waals surface area (Å²) in [5.74, 6) is 0.271. The van der Waals surface area contributed by atoms with E-state index in [-0.39, 0.29) is 32.9 Å². The number of carbonyl (C=O) groups excluding carboxylic acids is 1. The highest BCUT2D eigenvalue weighted by Gasteiger charge is 2.35. The minimum atomic E-state index is -3.91. The molecule has 0 atom stereocenters. The molecule has 0 bridgehead atoms. The number of hydrogen-bond donors (Lipinski definition) is 4. The van der Waals surface area contributed by atoms with E-state index < -0.39 is 26.0 Å². The molecule has 53 heavy (non-hydrogen) atoms. The number of nitrogens with one attached hydrogen (secondary N) is 4. The first-order valence-electron chi connectivity index (χ1n) is 16.3. The smallest absolute Gasteiger partial charge is 0.282 e. The Bertz CT molecular complexity index is 2630. The van der Waals surface area contributed by atoms with Crippen molar-refractivity contribution in [1.82, 2.24) is 33.8 Å². The third-order valence-electron chi connectivity index (χ3n) is 8.40. The Balaban J connectivity index is 0.000000185. The topological polar surface area (TPSA) is 182 Å². The Morgan fingerprint density at radius 2 is 1.70 bits per heavy atom. The van der Waals surface area contributed by atoms with E-state index in [1.165, 1.54) is 14.0 Å². The molecule has 0 radical (unpaired) electrons. The number of allylic oxidation sites excluding steroid dienone is 1. The molecule has 1 aliphatic rings. The van der Waals surface area contributed by atoms with Gasteiger partial charge >= 0.3 is 0 Å². The van der Waals surface area contributed by atoms with Crippen molar-refractivity contribution in [3.8, 4) is 5.75 Å². The lowest BCUT2D eigenvalue weighted by Crippen LogP contribution is -2.25. The molecule has 0 saturated heterocycles. The van der Waals surface area contributed by atoms with Gasteiger partial charge in [-0.25, -0.2) is 22.6 Å². The van der Waals surface area contributed by atoms with E-state index in [4.69, 9.17) is 27.9 Å². The molecule has 3 aromatic carbocycles. The van der Waals surface area contributed by atoms with Crippen LogP contribution in [-0.2, 0) is 20.0 Å². The van der Waals surface area contributed by atoms with E-state index in [1.807, 2.05) is 69.3 Å². The Morgan fingerprint density at radius 1 is 0.962 bits per heavy atom. The highest BCUT2D eigenvalue weighted by atomic mass is 35.5. The molecular weight excluding hydrogens is 763 g/mol. The van der Waals surface area contributed by atoms with Crippen molar-refractivity contribution in [1.29, 1.82) is 0 Å². The van der Waals surface area contributed by atoms with Crippen molar-refractivity contribution in [2.75, 3.05) is 25.5 Å². The van der Waals surface area contributed by atoms with Gasteiger partial charge in [-0.05, 0) is 75.6 Å². The number of aromatic nitrogens is 5. The summed E-state index contributed by atoms with van der Waals surface area (Å²) in [6, 6.07) is 20.0. The number of sulfonamides is 1. The van der Waals surface area contributed by atoms with Gasteiger partial charge in [0.05, 0.1) is 38.8 Å². The maximum atomic E-state index is 12.7. The minimum Gasteiger partial charge on any atom is -0.494 e. The quantitative estimate of drug-likeness (QED) is 0.127. The SMILES string of the molecule is CNC(=O)c1nn2c(c1Cl)NC(c1ccc(C)cc1)=C(C)S2(=O)=O.Cc1cccc(OCCCNS(=O)(=O)c2ccc3nc4c(Cl)c(C)[nH]n4c3c2)c1. The lowest BCUT2D eigenvalue weighted by molar-refractivity contribution is 0.0958. The van der Waals surface area contributed by atoms with Gasteiger partial charge in [-0.15, -0.1) is 9.19 Å². The average Bonchev–Trinajstić information content (AvgIpc) is 3.76. The molecule has 0 saturated carbocycles. The van der Waals surface area contributed by atoms with Crippen molar-refractivity contribution < 1.29 is 26.4 Å². The lowest BCUT2D eigenvalue weighted by atomic mass is 10.1. The molecule has 4 N–H and O–H groups in total. The van der Waals surface area contributed by atoms with Gasteiger partial charge in [0.1, 0.15) is 15.8 Å². The van der Waals surface area contributed by atoms with Crippen LogP contribution in [0.1, 0.15) is 46.2 Å². The number of ether oxygens (including phenoxy) is 1. The normalized spacial score (nSPS) is 13.7. The number of nitrogens with zero attached hydrogens (tertiary/aromatic N) is 4. The van der Waals surface area contributed by atoms with E-state index in [0.717, 1.165) is 26.7 Å². The highest BCUT2D eigenvalue weighted by Crippen LogP contribution is 2.37. The summed E-state index contributed by atoms with van der Waals surface area (Å²) in [5.41, 5.74) is 5.81. The Kier molecular flexibility index (Phi) is 10.6. The number of imidazole rings is 1. The van der Waals surface area contributed by atoms with Crippen LogP contribution in [0.25, 0.3) is 22.4 Å². The summed E-state index contributed by atoms with van der Waals surface area (Å²) in [7, 11) is -6.14. The van der Waals surface area contributed by atoms with Crippen LogP contribution in [0, 0.1) is 20.8 Å². The van der Waals surface area contributed by atoms with Crippen LogP contribution >= 0.6 is 23.2 Å². The molecule has 0 aliphatic carbocycles. The molecule has 14 nitrogen and oxygen atoms in total. The zero-order chi connectivity index (χ0) is 38.2. The summed E-state index contributed by atoms with van der Waals surface area (Å²) < 4.78 is 61.5. The number of rotatable bonds is 9. The van der Waals surface area contributed by atoms with Gasteiger partial charge in [-0.1, -0.05) is 65.2 Å². The molecule has 7 rings (SSSR count). The second kappa shape index (κ2) is 14.9. The average molecular weight is 800 g/mol. The molecule has 1 aliphatic heterocycles. The number of anilines is 1. The van der Waals surface area contributed by atoms with Crippen molar-refractivity contribution in [2.45, 2.75) is 39.0 Å². The predicted octanol–water partition coefficient (Wildman–Crippen LogP) is 6.03. The first kappa shape index (κ1) is 37.9. The van der Waals surface area contributed by atoms with Gasteiger partial charge in [0.15, 0.2) is 17.2 Å². The largest absolute Gasteiger partial charge is 0.494 e. The van der Waals surface area contributed by atoms with Crippen molar-refractivity contribution >= 4 is 77.4 Å². The van der Waals surface area contributed by atoms with Crippen molar-refractivity contribution in [3.63, 3.8) is 0 Å². The Labute approximate surface area is 316 Å². The van der Waals surface area contributed by atoms with E-state index in [9.17, 15) is 21.6 Å². The molecule has 1 amide bonds. The monoisotopic (exact) mass is 798 g/mol. The third-order valence-corrected chi connectivity index (χ3v) is 12.4. The van der Waals surface area contributed by atoms with Gasteiger partial charge in [0, 0.05) is 13.6 Å². The molecule has 4 heterocycles. The molecule has 6 aromatic rings. The Morgan fingerprint density at radius 3 is 2.40 bits per heavy atom. The van der Waals surface area contributed by atoms with Crippen LogP contribution in [-0.4, -0.2) is 66.7 Å². The number of halogens is 2. The van der Waals surface area contributed by atoms with E-state index in [2.05, 4.69) is 30.5 Å². The maximum Gasteiger partial charge on any atom is 0.282 e. The molecular formula is C35H36Cl2N8O6S2. The van der Waals surface area contributed by atoms with E-state index in [0.29, 0.717) is 46.0 Å². The molecule has 0 unspecified atom stereocenters. The first-order valence-corrected chi connectivity index (χ1v) is 20.0. The fraction of sp³-hybridized carbons (Fsp3) is 0.229. The summed E-state index contributed by atoms with van der Waals surface area (Å²) in [4.78, 5) is 16.5. The second-order valence-electron chi connectivity index (χ2n) is 12.2. The van der Waals surface area contributed by atoms with Gasteiger partial charge in [-0.2, -0.15) is 8.42 Å². The van der Waals surface area contributed by atoms with E-state index >= 15 is 0 Å². The van der Waals surface area contributed by atoms with Gasteiger partial charge in [0.2, 0.25) is 10.0 Å². The van der Waals surface area contributed by atoms with Crippen molar-refractivity contribution in [2.24, 2.45) is 0 Å². The molecule has 18 heteroatoms. The number of fused-ring (bicyclic) bond motifs is 4. The zero-order valence-corrected chi connectivity index (χ0v) is 32.4. The third kappa shape index (κ3) is 7.50. The van der Waals surface area contributed by atoms with Crippen molar-refractivity contribution in [3.05, 3.63) is 110 Å². The first-order chi connectivity index (χ1) is 25.1. The number of amides is 1. The van der Waals surface area contributed by atoms with Crippen LogP contribution in [0.3, 0.4) is 0 Å². The van der Waals surface area contributed by atoms with Crippen LogP contribution in [0.5, 0.6) is 5.75 Å². The Hall–Kier alpha value is -4.87. The number of H-pyrrole nitrogens is 1. The van der Waals surface area contributed by atoms with Gasteiger partial charge in [0.25, 0.3) is 15.9 Å². The van der Waals surface area contributed by atoms with Gasteiger partial charge in [-0.3, -0.25) is 9.89 Å². The summed E-state index contributed by atoms with van der Waals surface area (Å²) >= 11 is 12.4. The lowest BCUT2D eigenvalue weighted by Gasteiger charge is -2.22. The van der Waals surface area contributed by atoms with Gasteiger partial charge < -0.3 is 15.4 Å². The van der Waals surface area contributed by atoms with Crippen LogP contribution < -0.4 is 20.1 Å². The second-order valence-corrected chi connectivity index (χ2v) is 16.7. The fourth-order valence-corrected chi connectivity index (χ4v) is 8.32. The highest BCUT2D eigenvalue weighted by molar-refractivity contribution is 7.94. The minimum absolute atomic E-state index is 0.0463. The zero-order valence-electron chi connectivity index (χ0n) is 29.3. The number of carbonyl (C=O) groups is 1. The fourth-order valence-electron chi connectivity index (χ4n) is 5.51. The summed E-state index contributed by atoms with van der Waals surface area (Å²) in [6.07, 6.45) is 0.553. The number of aryl methyl sites for hydroxylation is 3. The summed E-state index contributed by atoms with van der Waals surface area (Å²) in [5, 5.41) is 12.8. The van der Waals surface area contributed by atoms with E-state index in [1.54, 1.807) is 22.7 Å². The molecule has 3 aromatic heterocycles. The predicted molar refractivity (Wildman–Crippen MR) is 206 cm³/mol. The van der Waals surface area contributed by atoms with Crippen LogP contribution in [0.2, 0.25) is 10.0 Å². The number of hydrogen-bond acceptors (Lipinski definition) is 9.